The summed E-state index contributed by atoms with van der Waals surface area (Å²) in [7, 11) is 0. The molecular weight excluding hydrogens is 200 g/mol. The highest BCUT2D eigenvalue weighted by Crippen LogP contribution is 2.25. The summed E-state index contributed by atoms with van der Waals surface area (Å²) in [5.74, 6) is 0.900. The summed E-state index contributed by atoms with van der Waals surface area (Å²) in [4.78, 5) is 0.449. The Balaban J connectivity index is 2.37. The van der Waals surface area contributed by atoms with Crippen LogP contribution >= 0.6 is 11.8 Å². The van der Waals surface area contributed by atoms with Crippen molar-refractivity contribution in [3.63, 3.8) is 0 Å². The second-order valence-electron chi connectivity index (χ2n) is 2.68. The predicted octanol–water partition coefficient (Wildman–Crippen LogP) is 0.972. The van der Waals surface area contributed by atoms with E-state index in [1.54, 1.807) is 6.08 Å². The van der Waals surface area contributed by atoms with Gasteiger partial charge in [-0.25, -0.2) is 0 Å². The van der Waals surface area contributed by atoms with E-state index in [2.05, 4.69) is 6.58 Å². The molecule has 1 heterocycles. The van der Waals surface area contributed by atoms with Crippen LogP contribution in [0.25, 0.3) is 0 Å². The molecule has 0 bridgehead atoms. The maximum absolute atomic E-state index is 8.63. The Kier molecular flexibility index (Phi) is 4.36. The second kappa shape index (κ2) is 5.58. The van der Waals surface area contributed by atoms with Gasteiger partial charge in [0.05, 0.1) is 13.2 Å². The molecular formula is C9H12N2O2S. The topological polar surface area (TPSA) is 68.3 Å². The first-order chi connectivity index (χ1) is 6.77. The first-order valence-corrected chi connectivity index (χ1v) is 5.14. The third-order valence-electron chi connectivity index (χ3n) is 1.57. The molecule has 0 aromatic heterocycles. The van der Waals surface area contributed by atoms with Crippen LogP contribution in [0.3, 0.4) is 0 Å². The number of allylic oxidation sites excluding steroid dienone is 1. The molecule has 1 atom stereocenters. The van der Waals surface area contributed by atoms with Crippen molar-refractivity contribution in [2.75, 3.05) is 19.0 Å². The highest BCUT2D eigenvalue weighted by atomic mass is 32.2. The molecule has 0 spiro atoms. The summed E-state index contributed by atoms with van der Waals surface area (Å²) in [6.45, 7) is 4.51. The summed E-state index contributed by atoms with van der Waals surface area (Å²) in [6, 6.07) is 1.98. The Morgan fingerprint density at radius 1 is 1.86 bits per heavy atom. The minimum Gasteiger partial charge on any atom is -0.471 e. The molecule has 0 saturated carbocycles. The molecule has 0 fully saturated rings. The molecule has 1 aliphatic rings. The van der Waals surface area contributed by atoms with Gasteiger partial charge in [0, 0.05) is 5.75 Å². The van der Waals surface area contributed by atoms with Crippen molar-refractivity contribution in [1.82, 2.24) is 0 Å². The number of nitriles is 1. The van der Waals surface area contributed by atoms with Crippen LogP contribution < -0.4 is 5.73 Å². The zero-order chi connectivity index (χ0) is 10.4. The van der Waals surface area contributed by atoms with Gasteiger partial charge >= 0.3 is 0 Å². The van der Waals surface area contributed by atoms with Crippen LogP contribution in [0.5, 0.6) is 0 Å². The third-order valence-corrected chi connectivity index (χ3v) is 2.69. The lowest BCUT2D eigenvalue weighted by molar-refractivity contribution is 0.0355. The average Bonchev–Trinajstić information content (AvgIpc) is 2.18. The number of hydrogen-bond acceptors (Lipinski definition) is 5. The Labute approximate surface area is 87.4 Å². The Morgan fingerprint density at radius 2 is 2.64 bits per heavy atom. The first kappa shape index (κ1) is 11.0. The van der Waals surface area contributed by atoms with E-state index in [-0.39, 0.29) is 12.0 Å². The fourth-order valence-corrected chi connectivity index (χ4v) is 1.74. The zero-order valence-electron chi connectivity index (χ0n) is 7.73. The maximum atomic E-state index is 8.63. The van der Waals surface area contributed by atoms with E-state index in [0.29, 0.717) is 23.9 Å². The Morgan fingerprint density at radius 3 is 3.21 bits per heavy atom. The quantitative estimate of drug-likeness (QED) is 0.555. The fraction of sp³-hybridized carbons (Fsp3) is 0.444. The zero-order valence-corrected chi connectivity index (χ0v) is 8.55. The minimum atomic E-state index is -0.0722. The van der Waals surface area contributed by atoms with Gasteiger partial charge in [-0.05, 0) is 0 Å². The second-order valence-corrected chi connectivity index (χ2v) is 3.71. The summed E-state index contributed by atoms with van der Waals surface area (Å²) < 4.78 is 10.5. The summed E-state index contributed by atoms with van der Waals surface area (Å²) >= 11 is 1.40. The van der Waals surface area contributed by atoms with Crippen molar-refractivity contribution < 1.29 is 9.47 Å². The summed E-state index contributed by atoms with van der Waals surface area (Å²) in [6.07, 6.45) is 1.60. The van der Waals surface area contributed by atoms with Gasteiger partial charge in [0.25, 0.3) is 0 Å². The molecule has 1 aliphatic heterocycles. The average molecular weight is 212 g/mol. The molecule has 1 rings (SSSR count). The molecule has 0 aromatic carbocycles. The highest BCUT2D eigenvalue weighted by Gasteiger charge is 2.20. The van der Waals surface area contributed by atoms with Gasteiger partial charge in [-0.15, -0.1) is 18.3 Å². The number of rotatable bonds is 4. The molecule has 0 radical (unpaired) electrons. The van der Waals surface area contributed by atoms with Crippen molar-refractivity contribution in [3.8, 4) is 6.07 Å². The van der Waals surface area contributed by atoms with E-state index in [4.69, 9.17) is 20.5 Å². The Bertz CT molecular complexity index is 283. The minimum absolute atomic E-state index is 0.0722. The van der Waals surface area contributed by atoms with E-state index in [9.17, 15) is 0 Å². The molecule has 14 heavy (non-hydrogen) atoms. The third kappa shape index (κ3) is 2.98. The molecule has 1 unspecified atom stereocenters. The number of ether oxygens (including phenoxy) is 2. The van der Waals surface area contributed by atoms with E-state index >= 15 is 0 Å². The Hall–Kier alpha value is -1.12. The molecule has 0 aromatic rings. The van der Waals surface area contributed by atoms with Gasteiger partial charge < -0.3 is 15.2 Å². The maximum Gasteiger partial charge on any atom is 0.209 e. The van der Waals surface area contributed by atoms with Crippen LogP contribution in [0.4, 0.5) is 0 Å². The van der Waals surface area contributed by atoms with Crippen LogP contribution in [0.2, 0.25) is 0 Å². The van der Waals surface area contributed by atoms with Gasteiger partial charge in [-0.2, -0.15) is 5.26 Å². The normalized spacial score (nSPS) is 21.2. The van der Waals surface area contributed by atoms with Gasteiger partial charge in [-0.3, -0.25) is 0 Å². The predicted molar refractivity (Wildman–Crippen MR) is 55.2 cm³/mol. The SMILES string of the molecule is C=CCOCC1CSC(C#N)=C(N)O1. The summed E-state index contributed by atoms with van der Waals surface area (Å²) in [5, 5.41) is 8.63. The van der Waals surface area contributed by atoms with Crippen molar-refractivity contribution in [3.05, 3.63) is 23.4 Å². The van der Waals surface area contributed by atoms with Crippen molar-refractivity contribution in [2.24, 2.45) is 5.73 Å². The van der Waals surface area contributed by atoms with E-state index in [1.807, 2.05) is 6.07 Å². The van der Waals surface area contributed by atoms with Crippen molar-refractivity contribution in [1.29, 1.82) is 5.26 Å². The lowest BCUT2D eigenvalue weighted by Crippen LogP contribution is -2.28. The van der Waals surface area contributed by atoms with Crippen molar-refractivity contribution in [2.45, 2.75) is 6.10 Å². The molecule has 76 valence electrons. The lowest BCUT2D eigenvalue weighted by Gasteiger charge is -2.23. The number of thioether (sulfide) groups is 1. The smallest absolute Gasteiger partial charge is 0.209 e. The van der Waals surface area contributed by atoms with Gasteiger partial charge in [0.15, 0.2) is 0 Å². The van der Waals surface area contributed by atoms with E-state index in [0.717, 1.165) is 0 Å². The largest absolute Gasteiger partial charge is 0.471 e. The fourth-order valence-electron chi connectivity index (χ4n) is 0.967. The first-order valence-electron chi connectivity index (χ1n) is 4.16. The standard InChI is InChI=1S/C9H12N2O2S/c1-2-3-12-5-7-6-14-8(4-10)9(11)13-7/h2,7H,1,3,5-6,11H2. The number of nitrogens with two attached hydrogens (primary N) is 1. The molecule has 5 heteroatoms. The monoisotopic (exact) mass is 212 g/mol. The number of hydrogen-bond donors (Lipinski definition) is 1. The molecule has 0 saturated heterocycles. The van der Waals surface area contributed by atoms with Gasteiger partial charge in [0.2, 0.25) is 5.88 Å². The van der Waals surface area contributed by atoms with Gasteiger partial charge in [-0.1, -0.05) is 6.08 Å². The molecule has 0 amide bonds. The van der Waals surface area contributed by atoms with Crippen LogP contribution in [0.15, 0.2) is 23.4 Å². The van der Waals surface area contributed by atoms with Crippen LogP contribution in [0, 0.1) is 11.3 Å². The molecule has 4 nitrogen and oxygen atoms in total. The number of nitrogens with zero attached hydrogens (tertiary/aromatic N) is 1. The van der Waals surface area contributed by atoms with Crippen LogP contribution in [0.1, 0.15) is 0 Å². The molecule has 0 aliphatic carbocycles. The van der Waals surface area contributed by atoms with Gasteiger partial charge in [0.1, 0.15) is 17.1 Å². The lowest BCUT2D eigenvalue weighted by atomic mass is 10.4. The van der Waals surface area contributed by atoms with E-state index < -0.39 is 0 Å². The highest BCUT2D eigenvalue weighted by molar-refractivity contribution is 8.03. The summed E-state index contributed by atoms with van der Waals surface area (Å²) in [5.41, 5.74) is 5.52. The van der Waals surface area contributed by atoms with Crippen LogP contribution in [-0.2, 0) is 9.47 Å². The van der Waals surface area contributed by atoms with Crippen molar-refractivity contribution >= 4 is 11.8 Å². The van der Waals surface area contributed by atoms with Crippen LogP contribution in [-0.4, -0.2) is 25.1 Å². The molecule has 2 N–H and O–H groups in total. The van der Waals surface area contributed by atoms with E-state index in [1.165, 1.54) is 11.8 Å².